The van der Waals surface area contributed by atoms with Gasteiger partial charge in [0, 0.05) is 36.7 Å². The number of nitrogens with two attached hydrogens (primary N) is 1. The summed E-state index contributed by atoms with van der Waals surface area (Å²) in [5.41, 5.74) is 8.54. The van der Waals surface area contributed by atoms with Crippen LogP contribution in [0, 0.1) is 0 Å². The minimum atomic E-state index is -3.47. The smallest absolute Gasteiger partial charge is 0.254 e. The number of rotatable bonds is 7. The molecule has 0 fully saturated rings. The third kappa shape index (κ3) is 5.95. The van der Waals surface area contributed by atoms with Crippen molar-refractivity contribution in [1.29, 1.82) is 0 Å². The van der Waals surface area contributed by atoms with Crippen LogP contribution in [-0.4, -0.2) is 49.9 Å². The summed E-state index contributed by atoms with van der Waals surface area (Å²) in [5, 5.41) is 3.67. The van der Waals surface area contributed by atoms with Crippen molar-refractivity contribution in [1.82, 2.24) is 10.2 Å². The van der Waals surface area contributed by atoms with E-state index in [0.29, 0.717) is 40.8 Å². The lowest BCUT2D eigenvalue weighted by molar-refractivity contribution is -0.119. The van der Waals surface area contributed by atoms with Gasteiger partial charge >= 0.3 is 0 Å². The number of fused-ring (bicyclic) bond motifs is 2. The summed E-state index contributed by atoms with van der Waals surface area (Å²) in [7, 11) is -3.47. The molecule has 0 bridgehead atoms. The minimum absolute atomic E-state index is 0.00809. The largest absolute Gasteiger partial charge is 0.464 e. The highest BCUT2D eigenvalue weighted by Crippen LogP contribution is 2.35. The summed E-state index contributed by atoms with van der Waals surface area (Å²) in [6.07, 6.45) is 2.99. The molecule has 0 radical (unpaired) electrons. The maximum Gasteiger partial charge on any atom is 0.254 e. The lowest BCUT2D eigenvalue weighted by Gasteiger charge is -2.30. The Labute approximate surface area is 246 Å². The predicted molar refractivity (Wildman–Crippen MR) is 155 cm³/mol. The van der Waals surface area contributed by atoms with Gasteiger partial charge in [0.2, 0.25) is 5.91 Å². The van der Waals surface area contributed by atoms with Crippen LogP contribution < -0.4 is 11.1 Å². The standard InChI is InChI=1S/C29H25Cl2N3O6S/c1-41(38,39)20-4-2-3-16(11-20)12-23(27(32)35)33-28(36)25-22(30)13-19-15-34(9-7-21(19)26(25)31)29(37)18-6-5-17-8-10-40-24(17)14-18/h2-6,8,10-11,13-14,23H,7,9,12,15H2,1H3,(H2,32,35)(H,33,36)/t23-/m0/s1. The van der Waals surface area contributed by atoms with E-state index in [0.717, 1.165) is 11.6 Å². The van der Waals surface area contributed by atoms with Crippen LogP contribution in [0.4, 0.5) is 0 Å². The lowest BCUT2D eigenvalue weighted by atomic mass is 9.95. The highest BCUT2D eigenvalue weighted by Gasteiger charge is 2.29. The van der Waals surface area contributed by atoms with Crippen LogP contribution >= 0.6 is 23.2 Å². The summed E-state index contributed by atoms with van der Waals surface area (Å²) in [6.45, 7) is 0.608. The molecule has 0 saturated carbocycles. The van der Waals surface area contributed by atoms with Crippen molar-refractivity contribution in [2.45, 2.75) is 30.3 Å². The molecule has 12 heteroatoms. The van der Waals surface area contributed by atoms with Gasteiger partial charge in [0.15, 0.2) is 9.84 Å². The van der Waals surface area contributed by atoms with Crippen molar-refractivity contribution in [2.75, 3.05) is 12.8 Å². The molecule has 212 valence electrons. The zero-order valence-corrected chi connectivity index (χ0v) is 24.1. The van der Waals surface area contributed by atoms with Crippen LogP contribution in [0.1, 0.15) is 37.4 Å². The molecule has 41 heavy (non-hydrogen) atoms. The molecule has 3 N–H and O–H groups in total. The summed E-state index contributed by atoms with van der Waals surface area (Å²) in [5.74, 6) is -1.68. The van der Waals surface area contributed by atoms with E-state index in [4.69, 9.17) is 33.4 Å². The first-order chi connectivity index (χ1) is 19.4. The molecule has 0 saturated heterocycles. The molecule has 2 heterocycles. The predicted octanol–water partition coefficient (Wildman–Crippen LogP) is 4.17. The van der Waals surface area contributed by atoms with E-state index >= 15 is 0 Å². The fourth-order valence-corrected chi connectivity index (χ4v) is 6.35. The van der Waals surface area contributed by atoms with Gasteiger partial charge < -0.3 is 20.4 Å². The van der Waals surface area contributed by atoms with Crippen LogP contribution in [0.5, 0.6) is 0 Å². The SMILES string of the molecule is CS(=O)(=O)c1cccc(C[C@H](NC(=O)c2c(Cl)cc3c(c2Cl)CCN(C(=O)c2ccc4ccoc4c2)C3)C(N)=O)c1. The molecule has 1 aliphatic rings. The Bertz CT molecular complexity index is 1820. The van der Waals surface area contributed by atoms with Crippen molar-refractivity contribution in [3.8, 4) is 0 Å². The van der Waals surface area contributed by atoms with Gasteiger partial charge in [-0.3, -0.25) is 14.4 Å². The molecule has 0 unspecified atom stereocenters. The van der Waals surface area contributed by atoms with Crippen LogP contribution in [-0.2, 0) is 34.0 Å². The van der Waals surface area contributed by atoms with E-state index in [2.05, 4.69) is 5.32 Å². The first kappa shape index (κ1) is 28.7. The van der Waals surface area contributed by atoms with E-state index in [1.165, 1.54) is 12.1 Å². The number of nitrogens with one attached hydrogen (secondary N) is 1. The minimum Gasteiger partial charge on any atom is -0.464 e. The van der Waals surface area contributed by atoms with E-state index in [1.54, 1.807) is 41.5 Å². The second kappa shape index (κ2) is 11.2. The van der Waals surface area contributed by atoms with Gasteiger partial charge in [-0.25, -0.2) is 8.42 Å². The quantitative estimate of drug-likeness (QED) is 0.321. The van der Waals surface area contributed by atoms with E-state index in [9.17, 15) is 22.8 Å². The first-order valence-electron chi connectivity index (χ1n) is 12.6. The number of carbonyl (C=O) groups is 3. The summed E-state index contributed by atoms with van der Waals surface area (Å²) < 4.78 is 29.2. The van der Waals surface area contributed by atoms with Crippen LogP contribution in [0.3, 0.4) is 0 Å². The van der Waals surface area contributed by atoms with Crippen LogP contribution in [0.25, 0.3) is 11.0 Å². The van der Waals surface area contributed by atoms with Gasteiger partial charge in [-0.05, 0) is 59.5 Å². The monoisotopic (exact) mass is 613 g/mol. The molecule has 4 aromatic rings. The molecule has 3 aromatic carbocycles. The number of benzene rings is 3. The number of nitrogens with zero attached hydrogens (tertiary/aromatic N) is 1. The number of halogens is 2. The van der Waals surface area contributed by atoms with Crippen molar-refractivity contribution in [3.05, 3.63) is 98.7 Å². The molecule has 9 nitrogen and oxygen atoms in total. The summed E-state index contributed by atoms with van der Waals surface area (Å²) >= 11 is 13.2. The highest BCUT2D eigenvalue weighted by atomic mass is 35.5. The Morgan fingerprint density at radius 3 is 2.61 bits per heavy atom. The van der Waals surface area contributed by atoms with Gasteiger partial charge in [-0.15, -0.1) is 0 Å². The highest BCUT2D eigenvalue weighted by molar-refractivity contribution is 7.90. The van der Waals surface area contributed by atoms with Gasteiger partial charge in [0.05, 0.1) is 26.8 Å². The number of furan rings is 1. The van der Waals surface area contributed by atoms with Crippen LogP contribution in [0.15, 0.2) is 70.2 Å². The van der Waals surface area contributed by atoms with Crippen LogP contribution in [0.2, 0.25) is 10.0 Å². The molecule has 0 spiro atoms. The number of hydrogen-bond acceptors (Lipinski definition) is 6. The summed E-state index contributed by atoms with van der Waals surface area (Å²) in [4.78, 5) is 40.5. The summed E-state index contributed by atoms with van der Waals surface area (Å²) in [6, 6.07) is 13.6. The van der Waals surface area contributed by atoms with Crippen molar-refractivity contribution in [3.63, 3.8) is 0 Å². The van der Waals surface area contributed by atoms with E-state index < -0.39 is 27.7 Å². The lowest BCUT2D eigenvalue weighted by Crippen LogP contribution is -2.46. The molecule has 1 aromatic heterocycles. The second-order valence-corrected chi connectivity index (χ2v) is 12.7. The Morgan fingerprint density at radius 2 is 1.88 bits per heavy atom. The third-order valence-corrected chi connectivity index (χ3v) is 8.86. The maximum atomic E-state index is 13.3. The molecular formula is C29H25Cl2N3O6S. The van der Waals surface area contributed by atoms with Gasteiger partial charge in [0.25, 0.3) is 11.8 Å². The third-order valence-electron chi connectivity index (χ3n) is 7.04. The fraction of sp³-hybridized carbons (Fsp3) is 0.207. The average molecular weight is 615 g/mol. The number of hydrogen-bond donors (Lipinski definition) is 2. The zero-order chi connectivity index (χ0) is 29.5. The Hall–Kier alpha value is -3.86. The molecule has 3 amide bonds. The number of primary amides is 1. The number of carbonyl (C=O) groups excluding carboxylic acids is 3. The van der Waals surface area contributed by atoms with Crippen molar-refractivity contribution >= 4 is 61.7 Å². The average Bonchev–Trinajstić information content (AvgIpc) is 3.39. The van der Waals surface area contributed by atoms with E-state index in [-0.39, 0.29) is 39.4 Å². The van der Waals surface area contributed by atoms with Gasteiger partial charge in [-0.1, -0.05) is 41.4 Å². The first-order valence-corrected chi connectivity index (χ1v) is 15.2. The Kier molecular flexibility index (Phi) is 7.83. The fourth-order valence-electron chi connectivity index (χ4n) is 4.90. The Balaban J connectivity index is 1.35. The number of amides is 3. The molecule has 5 rings (SSSR count). The Morgan fingerprint density at radius 1 is 1.10 bits per heavy atom. The normalized spacial score (nSPS) is 14.0. The topological polar surface area (TPSA) is 140 Å². The molecule has 0 aliphatic carbocycles. The van der Waals surface area contributed by atoms with Crippen molar-refractivity contribution < 1.29 is 27.2 Å². The molecule has 1 atom stereocenters. The van der Waals surface area contributed by atoms with Gasteiger partial charge in [-0.2, -0.15) is 0 Å². The number of sulfone groups is 1. The molecular weight excluding hydrogens is 589 g/mol. The molecule has 1 aliphatic heterocycles. The maximum absolute atomic E-state index is 13.3. The second-order valence-electron chi connectivity index (χ2n) is 9.89. The van der Waals surface area contributed by atoms with Crippen molar-refractivity contribution in [2.24, 2.45) is 5.73 Å². The van der Waals surface area contributed by atoms with Gasteiger partial charge in [0.1, 0.15) is 11.6 Å². The van der Waals surface area contributed by atoms with E-state index in [1.807, 2.05) is 12.1 Å². The zero-order valence-electron chi connectivity index (χ0n) is 21.8.